The summed E-state index contributed by atoms with van der Waals surface area (Å²) < 4.78 is 0. The number of amides is 2. The molecule has 2 amide bonds. The Labute approximate surface area is 141 Å². The number of carboxylic acid groups (broad SMARTS) is 1. The van der Waals surface area contributed by atoms with E-state index in [-0.39, 0.29) is 30.6 Å². The average Bonchev–Trinajstić information content (AvgIpc) is 2.51. The van der Waals surface area contributed by atoms with Crippen molar-refractivity contribution in [2.24, 2.45) is 5.41 Å². The second kappa shape index (κ2) is 8.65. The molecule has 2 unspecified atom stereocenters. The highest BCUT2D eigenvalue weighted by Crippen LogP contribution is 2.22. The van der Waals surface area contributed by atoms with Crippen LogP contribution >= 0.6 is 0 Å². The van der Waals surface area contributed by atoms with E-state index in [1.165, 1.54) is 12.1 Å². The van der Waals surface area contributed by atoms with Crippen LogP contribution in [0.5, 0.6) is 0 Å². The monoisotopic (exact) mass is 338 g/mol. The Bertz CT molecular complexity index is 551. The molecule has 1 rings (SSSR count). The lowest BCUT2D eigenvalue weighted by molar-refractivity contribution is 0.0405. The molecular weight excluding hydrogens is 312 g/mol. The number of carbonyl (C=O) groups is 2. The maximum atomic E-state index is 11.9. The van der Waals surface area contributed by atoms with E-state index in [1.807, 2.05) is 20.8 Å². The molecule has 1 aromatic rings. The number of hydrogen-bond donors (Lipinski definition) is 5. The largest absolute Gasteiger partial charge is 0.478 e. The fourth-order valence-electron chi connectivity index (χ4n) is 1.99. The summed E-state index contributed by atoms with van der Waals surface area (Å²) in [5, 5.41) is 33.5. The molecule has 0 bridgehead atoms. The summed E-state index contributed by atoms with van der Waals surface area (Å²) in [6.07, 6.45) is -0.403. The number of aliphatic hydroxyl groups excluding tert-OH is 2. The molecule has 7 nitrogen and oxygen atoms in total. The van der Waals surface area contributed by atoms with Crippen LogP contribution in [0.2, 0.25) is 0 Å². The van der Waals surface area contributed by atoms with Crippen LogP contribution in [0.25, 0.3) is 0 Å². The minimum Gasteiger partial charge on any atom is -0.478 e. The molecule has 5 N–H and O–H groups in total. The molecule has 7 heteroatoms. The van der Waals surface area contributed by atoms with Gasteiger partial charge in [-0.1, -0.05) is 32.9 Å². The Balaban J connectivity index is 2.48. The van der Waals surface area contributed by atoms with E-state index in [0.717, 1.165) is 5.56 Å². The van der Waals surface area contributed by atoms with Gasteiger partial charge in [-0.05, 0) is 29.5 Å². The second-order valence-electron chi connectivity index (χ2n) is 6.83. The fourth-order valence-corrected chi connectivity index (χ4v) is 1.99. The zero-order valence-electron chi connectivity index (χ0n) is 14.2. The lowest BCUT2D eigenvalue weighted by Gasteiger charge is -2.29. The minimum absolute atomic E-state index is 0.180. The Morgan fingerprint density at radius 2 is 1.75 bits per heavy atom. The molecule has 134 valence electrons. The maximum Gasteiger partial charge on any atom is 0.335 e. The minimum atomic E-state index is -1.00. The predicted octanol–water partition coefficient (Wildman–Crippen LogP) is 1.34. The highest BCUT2D eigenvalue weighted by atomic mass is 16.4. The van der Waals surface area contributed by atoms with Crippen LogP contribution < -0.4 is 10.6 Å². The molecule has 0 saturated heterocycles. The first-order valence-electron chi connectivity index (χ1n) is 7.79. The van der Waals surface area contributed by atoms with Crippen LogP contribution in [0.15, 0.2) is 24.3 Å². The van der Waals surface area contributed by atoms with Gasteiger partial charge in [-0.2, -0.15) is 0 Å². The van der Waals surface area contributed by atoms with Crippen molar-refractivity contribution in [3.05, 3.63) is 35.4 Å². The standard InChI is InChI=1S/C17H26N2O5/c1-17(2,3)14(21)8-13(10-20)19-16(24)18-9-11-4-6-12(7-5-11)15(22)23/h4-7,13-14,20-21H,8-10H2,1-3H3,(H,22,23)(H2,18,19,24). The van der Waals surface area contributed by atoms with Crippen LogP contribution in [-0.2, 0) is 6.54 Å². The molecular formula is C17H26N2O5. The van der Waals surface area contributed by atoms with Crippen LogP contribution in [0.3, 0.4) is 0 Å². The van der Waals surface area contributed by atoms with Crippen molar-refractivity contribution in [2.45, 2.75) is 45.9 Å². The van der Waals surface area contributed by atoms with Gasteiger partial charge in [0.25, 0.3) is 0 Å². The first kappa shape index (κ1) is 19.9. The van der Waals surface area contributed by atoms with Crippen molar-refractivity contribution in [3.63, 3.8) is 0 Å². The molecule has 0 fully saturated rings. The summed E-state index contributed by atoms with van der Waals surface area (Å²) in [7, 11) is 0. The second-order valence-corrected chi connectivity index (χ2v) is 6.83. The highest BCUT2D eigenvalue weighted by Gasteiger charge is 2.26. The molecule has 0 aliphatic rings. The lowest BCUT2D eigenvalue weighted by Crippen LogP contribution is -2.46. The SMILES string of the molecule is CC(C)(C)C(O)CC(CO)NC(=O)NCc1ccc(C(=O)O)cc1. The Kier molecular flexibility index (Phi) is 7.18. The van der Waals surface area contributed by atoms with Crippen molar-refractivity contribution in [1.82, 2.24) is 10.6 Å². The van der Waals surface area contributed by atoms with Gasteiger partial charge in [0.15, 0.2) is 0 Å². The van der Waals surface area contributed by atoms with Gasteiger partial charge in [0.2, 0.25) is 0 Å². The fraction of sp³-hybridized carbons (Fsp3) is 0.529. The third-order valence-electron chi connectivity index (χ3n) is 3.72. The first-order valence-corrected chi connectivity index (χ1v) is 7.79. The Hall–Kier alpha value is -2.12. The Morgan fingerprint density at radius 3 is 2.21 bits per heavy atom. The number of benzene rings is 1. The highest BCUT2D eigenvalue weighted by molar-refractivity contribution is 5.87. The van der Waals surface area contributed by atoms with Crippen molar-refractivity contribution in [3.8, 4) is 0 Å². The summed E-state index contributed by atoms with van der Waals surface area (Å²) in [6.45, 7) is 5.60. The van der Waals surface area contributed by atoms with Crippen LogP contribution in [0.4, 0.5) is 4.79 Å². The van der Waals surface area contributed by atoms with Crippen LogP contribution in [-0.4, -0.2) is 46.1 Å². The number of urea groups is 1. The van der Waals surface area contributed by atoms with Gasteiger partial charge in [0, 0.05) is 6.54 Å². The molecule has 0 heterocycles. The molecule has 24 heavy (non-hydrogen) atoms. The number of carbonyl (C=O) groups excluding carboxylic acids is 1. The predicted molar refractivity (Wildman–Crippen MR) is 89.7 cm³/mol. The van der Waals surface area contributed by atoms with E-state index in [0.29, 0.717) is 0 Å². The van der Waals surface area contributed by atoms with Crippen molar-refractivity contribution in [2.75, 3.05) is 6.61 Å². The quantitative estimate of drug-likeness (QED) is 0.514. The first-order chi connectivity index (χ1) is 11.1. The zero-order valence-corrected chi connectivity index (χ0v) is 14.2. The van der Waals surface area contributed by atoms with E-state index < -0.39 is 24.1 Å². The van der Waals surface area contributed by atoms with Crippen LogP contribution in [0.1, 0.15) is 43.1 Å². The maximum absolute atomic E-state index is 11.9. The van der Waals surface area contributed by atoms with E-state index in [2.05, 4.69) is 10.6 Å². The van der Waals surface area contributed by atoms with Gasteiger partial charge >= 0.3 is 12.0 Å². The molecule has 0 aromatic heterocycles. The zero-order chi connectivity index (χ0) is 18.3. The van der Waals surface area contributed by atoms with Crippen LogP contribution in [0, 0.1) is 5.41 Å². The number of rotatable bonds is 7. The summed E-state index contributed by atoms with van der Waals surface area (Å²) in [4.78, 5) is 22.7. The van der Waals surface area contributed by atoms with Crippen molar-refractivity contribution < 1.29 is 24.9 Å². The van der Waals surface area contributed by atoms with Gasteiger partial charge in [-0.15, -0.1) is 0 Å². The summed E-state index contributed by atoms with van der Waals surface area (Å²) in [6, 6.07) is 5.17. The van der Waals surface area contributed by atoms with E-state index >= 15 is 0 Å². The summed E-state index contributed by atoms with van der Waals surface area (Å²) >= 11 is 0. The van der Waals surface area contributed by atoms with Crippen molar-refractivity contribution in [1.29, 1.82) is 0 Å². The molecule has 2 atom stereocenters. The summed E-state index contributed by atoms with van der Waals surface area (Å²) in [5.74, 6) is -1.00. The molecule has 0 aliphatic carbocycles. The number of hydrogen-bond acceptors (Lipinski definition) is 4. The number of nitrogens with one attached hydrogen (secondary N) is 2. The normalized spacial score (nSPS) is 13.9. The molecule has 0 radical (unpaired) electrons. The number of aliphatic hydroxyl groups is 2. The third-order valence-corrected chi connectivity index (χ3v) is 3.72. The molecule has 0 aliphatic heterocycles. The van der Waals surface area contributed by atoms with E-state index in [1.54, 1.807) is 12.1 Å². The molecule has 1 aromatic carbocycles. The third kappa shape index (κ3) is 6.55. The number of aromatic carboxylic acids is 1. The smallest absolute Gasteiger partial charge is 0.335 e. The van der Waals surface area contributed by atoms with Gasteiger partial charge in [-0.3, -0.25) is 0 Å². The van der Waals surface area contributed by atoms with E-state index in [4.69, 9.17) is 5.11 Å². The van der Waals surface area contributed by atoms with Gasteiger partial charge in [0.1, 0.15) is 0 Å². The van der Waals surface area contributed by atoms with Gasteiger partial charge in [-0.25, -0.2) is 9.59 Å². The molecule has 0 saturated carbocycles. The van der Waals surface area contributed by atoms with Gasteiger partial charge < -0.3 is 26.0 Å². The Morgan fingerprint density at radius 1 is 1.17 bits per heavy atom. The summed E-state index contributed by atoms with van der Waals surface area (Å²) in [5.41, 5.74) is 0.599. The average molecular weight is 338 g/mol. The topological polar surface area (TPSA) is 119 Å². The van der Waals surface area contributed by atoms with Gasteiger partial charge in [0.05, 0.1) is 24.3 Å². The number of carboxylic acids is 1. The van der Waals surface area contributed by atoms with Crippen molar-refractivity contribution >= 4 is 12.0 Å². The lowest BCUT2D eigenvalue weighted by atomic mass is 9.85. The van der Waals surface area contributed by atoms with E-state index in [9.17, 15) is 19.8 Å². The molecule has 0 spiro atoms.